The zero-order valence-corrected chi connectivity index (χ0v) is 30.4. The molecule has 0 fully saturated rings. The molecule has 0 saturated carbocycles. The van der Waals surface area contributed by atoms with Crippen molar-refractivity contribution in [2.24, 2.45) is 0 Å². The van der Waals surface area contributed by atoms with Crippen LogP contribution in [0, 0.1) is 0 Å². The normalized spacial score (nSPS) is 10.8. The average molecular weight is 814 g/mol. The van der Waals surface area contributed by atoms with Gasteiger partial charge in [0.15, 0.2) is 0 Å². The van der Waals surface area contributed by atoms with E-state index in [2.05, 4.69) is 64.1 Å². The number of carbonyl (C=O) groups excluding carboxylic acids is 2. The third-order valence-corrected chi connectivity index (χ3v) is 7.24. The molecule has 0 radical (unpaired) electrons. The minimum Gasteiger partial charge on any atom is -0.399 e. The summed E-state index contributed by atoms with van der Waals surface area (Å²) in [6.07, 6.45) is 0. The summed E-state index contributed by atoms with van der Waals surface area (Å²) in [4.78, 5) is 38.1. The number of halogens is 1. The fraction of sp³-hybridized carbons (Fsp3) is 0.343. The first-order chi connectivity index (χ1) is 25.0. The lowest BCUT2D eigenvalue weighted by molar-refractivity contribution is 0.0519. The smallest absolute Gasteiger partial charge is 0.251 e. The second kappa shape index (κ2) is 23.0. The van der Waals surface area contributed by atoms with Gasteiger partial charge in [0.2, 0.25) is 17.8 Å². The number of amides is 2. The molecule has 272 valence electrons. The van der Waals surface area contributed by atoms with Gasteiger partial charge in [-0.05, 0) is 60.7 Å². The van der Waals surface area contributed by atoms with E-state index in [0.717, 1.165) is 10.1 Å². The van der Waals surface area contributed by atoms with Gasteiger partial charge in [0.1, 0.15) is 0 Å². The summed E-state index contributed by atoms with van der Waals surface area (Å²) in [6, 6.07) is 23.2. The number of ether oxygens (including phenoxy) is 4. The largest absolute Gasteiger partial charge is 0.399 e. The van der Waals surface area contributed by atoms with E-state index in [9.17, 15) is 9.59 Å². The summed E-state index contributed by atoms with van der Waals surface area (Å²) < 4.78 is 23.0. The predicted octanol–water partition coefficient (Wildman–Crippen LogP) is 4.01. The Kier molecular flexibility index (Phi) is 17.6. The Bertz CT molecular complexity index is 1600. The zero-order valence-electron chi connectivity index (χ0n) is 28.2. The number of rotatable bonds is 24. The third-order valence-electron chi connectivity index (χ3n) is 6.80. The number of hydrogen-bond acceptors (Lipinski definition) is 13. The van der Waals surface area contributed by atoms with Crippen LogP contribution in [0.15, 0.2) is 78.9 Å². The highest BCUT2D eigenvalue weighted by atomic mass is 127. The van der Waals surface area contributed by atoms with Crippen LogP contribution in [0.4, 0.5) is 34.9 Å². The van der Waals surface area contributed by atoms with Crippen molar-refractivity contribution in [2.45, 2.75) is 0 Å². The number of nitrogens with one attached hydrogen (secondary N) is 5. The Morgan fingerprint density at radius 3 is 1.53 bits per heavy atom. The van der Waals surface area contributed by atoms with Crippen molar-refractivity contribution in [3.05, 3.63) is 90.0 Å². The fourth-order valence-corrected chi connectivity index (χ4v) is 4.61. The molecule has 0 bridgehead atoms. The van der Waals surface area contributed by atoms with E-state index in [1.54, 1.807) is 48.5 Å². The molecular weight excluding hydrogens is 769 g/mol. The summed E-state index contributed by atoms with van der Waals surface area (Å²) in [5.41, 5.74) is 9.02. The molecule has 3 aromatic carbocycles. The minimum atomic E-state index is -0.200. The number of hydrogen-bond donors (Lipinski definition) is 6. The summed E-state index contributed by atoms with van der Waals surface area (Å²) in [5, 5.41) is 15.2. The van der Waals surface area contributed by atoms with Crippen molar-refractivity contribution in [1.82, 2.24) is 25.6 Å². The first-order valence-electron chi connectivity index (χ1n) is 16.5. The Morgan fingerprint density at radius 2 is 1.00 bits per heavy atom. The Hall–Kier alpha value is -4.62. The molecule has 0 spiro atoms. The molecular formula is C35H44IN9O6. The first-order valence-corrected chi connectivity index (χ1v) is 18.0. The van der Waals surface area contributed by atoms with Gasteiger partial charge in [0.05, 0.1) is 52.9 Å². The number of aromatic nitrogens is 3. The van der Waals surface area contributed by atoms with Crippen molar-refractivity contribution in [1.29, 1.82) is 0 Å². The van der Waals surface area contributed by atoms with Crippen molar-refractivity contribution in [3.8, 4) is 0 Å². The predicted molar refractivity (Wildman–Crippen MR) is 205 cm³/mol. The molecule has 1 heterocycles. The number of nitrogen functional groups attached to an aromatic ring is 1. The number of carbonyl (C=O) groups is 2. The molecule has 4 rings (SSSR count). The Balaban J connectivity index is 1.21. The molecule has 0 aliphatic carbocycles. The van der Waals surface area contributed by atoms with Crippen LogP contribution in [0.1, 0.15) is 20.7 Å². The maximum atomic E-state index is 12.6. The SMILES string of the molecule is Nc1ccc(Nc2nc(NCCOCCOCCNC(=O)c3ccccc3)nc(Nc3ccc(C(=O)NCCOCCOCCI)cc3)n2)cc1. The number of benzene rings is 3. The average Bonchev–Trinajstić information content (AvgIpc) is 3.15. The number of alkyl halides is 1. The highest BCUT2D eigenvalue weighted by molar-refractivity contribution is 14.1. The van der Waals surface area contributed by atoms with Gasteiger partial charge in [-0.3, -0.25) is 9.59 Å². The standard InChI is InChI=1S/C35H44IN9O6/c36-14-18-48-22-23-49-20-16-39-32(47)27-6-10-29(11-7-27)41-34-43-33(44-35(45-34)42-30-12-8-28(37)9-13-30)40-17-21-51-25-24-50-19-15-38-31(46)26-4-2-1-3-5-26/h1-13H,14-25,37H2,(H,38,46)(H,39,47)(H3,40,41,42,43,44,45). The highest BCUT2D eigenvalue weighted by Gasteiger charge is 2.10. The second-order valence-electron chi connectivity index (χ2n) is 10.7. The van der Waals surface area contributed by atoms with Crippen LogP contribution < -0.4 is 32.3 Å². The molecule has 0 aliphatic rings. The molecule has 51 heavy (non-hydrogen) atoms. The zero-order chi connectivity index (χ0) is 35.9. The number of nitrogens with two attached hydrogens (primary N) is 1. The van der Waals surface area contributed by atoms with Crippen LogP contribution in [0.2, 0.25) is 0 Å². The van der Waals surface area contributed by atoms with Crippen molar-refractivity contribution < 1.29 is 28.5 Å². The van der Waals surface area contributed by atoms with Gasteiger partial charge >= 0.3 is 0 Å². The van der Waals surface area contributed by atoms with Crippen molar-refractivity contribution in [3.63, 3.8) is 0 Å². The van der Waals surface area contributed by atoms with Crippen LogP contribution in [0.3, 0.4) is 0 Å². The topological polar surface area (TPSA) is 196 Å². The minimum absolute atomic E-state index is 0.135. The maximum Gasteiger partial charge on any atom is 0.251 e. The molecule has 2 amide bonds. The van der Waals surface area contributed by atoms with Gasteiger partial charge in [-0.15, -0.1) is 0 Å². The molecule has 0 atom stereocenters. The second-order valence-corrected chi connectivity index (χ2v) is 11.8. The van der Waals surface area contributed by atoms with E-state index in [1.807, 2.05) is 30.3 Å². The maximum absolute atomic E-state index is 12.6. The van der Waals surface area contributed by atoms with Crippen LogP contribution in [0.25, 0.3) is 0 Å². The van der Waals surface area contributed by atoms with Crippen molar-refractivity contribution in [2.75, 3.05) is 98.6 Å². The van der Waals surface area contributed by atoms with Crippen LogP contribution >= 0.6 is 22.6 Å². The molecule has 7 N–H and O–H groups in total. The van der Waals surface area contributed by atoms with Crippen LogP contribution in [-0.2, 0) is 18.9 Å². The lowest BCUT2D eigenvalue weighted by atomic mass is 10.2. The molecule has 16 heteroatoms. The van der Waals surface area contributed by atoms with E-state index in [1.165, 1.54) is 0 Å². The lowest BCUT2D eigenvalue weighted by Gasteiger charge is -2.12. The molecule has 4 aromatic rings. The van der Waals surface area contributed by atoms with E-state index in [0.29, 0.717) is 107 Å². The summed E-state index contributed by atoms with van der Waals surface area (Å²) in [6.45, 7) is 4.90. The molecule has 0 unspecified atom stereocenters. The van der Waals surface area contributed by atoms with Gasteiger partial charge < -0.3 is 51.3 Å². The van der Waals surface area contributed by atoms with E-state index < -0.39 is 0 Å². The lowest BCUT2D eigenvalue weighted by Crippen LogP contribution is -2.27. The van der Waals surface area contributed by atoms with Gasteiger partial charge in [-0.25, -0.2) is 0 Å². The van der Waals surface area contributed by atoms with E-state index >= 15 is 0 Å². The quantitative estimate of drug-likeness (QED) is 0.0257. The van der Waals surface area contributed by atoms with E-state index in [-0.39, 0.29) is 17.8 Å². The molecule has 0 saturated heterocycles. The van der Waals surface area contributed by atoms with Gasteiger partial charge in [0.25, 0.3) is 11.8 Å². The van der Waals surface area contributed by atoms with Crippen LogP contribution in [0.5, 0.6) is 0 Å². The fourth-order valence-electron chi connectivity index (χ4n) is 4.30. The summed E-state index contributed by atoms with van der Waals surface area (Å²) >= 11 is 2.25. The third kappa shape index (κ3) is 15.4. The molecule has 15 nitrogen and oxygen atoms in total. The summed E-state index contributed by atoms with van der Waals surface area (Å²) in [5.74, 6) is 0.590. The van der Waals surface area contributed by atoms with Gasteiger partial charge in [0, 0.05) is 52.3 Å². The summed E-state index contributed by atoms with van der Waals surface area (Å²) in [7, 11) is 0. The monoisotopic (exact) mass is 813 g/mol. The van der Waals surface area contributed by atoms with E-state index in [4.69, 9.17) is 24.7 Å². The van der Waals surface area contributed by atoms with Gasteiger partial charge in [-0.1, -0.05) is 40.8 Å². The number of nitrogens with zero attached hydrogens (tertiary/aromatic N) is 3. The number of anilines is 6. The Labute approximate surface area is 310 Å². The van der Waals surface area contributed by atoms with Crippen molar-refractivity contribution >= 4 is 69.3 Å². The Morgan fingerprint density at radius 1 is 0.549 bits per heavy atom. The molecule has 0 aliphatic heterocycles. The van der Waals surface area contributed by atoms with Crippen LogP contribution in [-0.4, -0.2) is 104 Å². The highest BCUT2D eigenvalue weighted by Crippen LogP contribution is 2.20. The first kappa shape index (κ1) is 39.2. The molecule has 1 aromatic heterocycles. The van der Waals surface area contributed by atoms with Gasteiger partial charge in [-0.2, -0.15) is 15.0 Å².